The largest absolute Gasteiger partial charge is 0.496 e. The number of aromatic nitrogens is 1. The van der Waals surface area contributed by atoms with Gasteiger partial charge in [0.1, 0.15) is 23.1 Å². The second kappa shape index (κ2) is 9.30. The molecule has 2 heterocycles. The summed E-state index contributed by atoms with van der Waals surface area (Å²) in [5.74, 6) is -0.886. The molecule has 0 bridgehead atoms. The van der Waals surface area contributed by atoms with Crippen LogP contribution in [0.5, 0.6) is 11.5 Å². The summed E-state index contributed by atoms with van der Waals surface area (Å²) in [5.41, 5.74) is 1.88. The number of aryl methyl sites for hydroxylation is 1. The van der Waals surface area contributed by atoms with Crippen LogP contribution in [-0.2, 0) is 22.4 Å². The number of amides is 1. The lowest BCUT2D eigenvalue weighted by Crippen LogP contribution is -2.43. The number of hydrogen-bond acceptors (Lipinski definition) is 6. The van der Waals surface area contributed by atoms with Crippen molar-refractivity contribution in [1.82, 2.24) is 10.3 Å². The number of carbonyl (C=O) groups excluding carboxylic acids is 1. The zero-order valence-electron chi connectivity index (χ0n) is 18.9. The first-order valence-corrected chi connectivity index (χ1v) is 10.6. The first-order chi connectivity index (χ1) is 16.3. The average molecular weight is 464 g/mol. The Morgan fingerprint density at radius 3 is 2.65 bits per heavy atom. The lowest BCUT2D eigenvalue weighted by molar-refractivity contribution is -0.141. The summed E-state index contributed by atoms with van der Waals surface area (Å²) in [7, 11) is 2.97. The van der Waals surface area contributed by atoms with E-state index < -0.39 is 23.5 Å². The predicted octanol–water partition coefficient (Wildman–Crippen LogP) is 2.95. The third kappa shape index (κ3) is 4.32. The lowest BCUT2D eigenvalue weighted by atomic mass is 10.0. The van der Waals surface area contributed by atoms with Crippen LogP contribution in [0.25, 0.3) is 21.9 Å². The van der Waals surface area contributed by atoms with Crippen molar-refractivity contribution in [2.45, 2.75) is 25.8 Å². The van der Waals surface area contributed by atoms with Crippen molar-refractivity contribution < 1.29 is 28.6 Å². The Kier molecular flexibility index (Phi) is 6.27. The highest BCUT2D eigenvalue weighted by Crippen LogP contribution is 2.33. The first-order valence-electron chi connectivity index (χ1n) is 10.6. The van der Waals surface area contributed by atoms with E-state index in [9.17, 15) is 19.5 Å². The van der Waals surface area contributed by atoms with Gasteiger partial charge in [-0.05, 0) is 24.1 Å². The van der Waals surface area contributed by atoms with Gasteiger partial charge in [0.2, 0.25) is 5.91 Å². The number of carbonyl (C=O) groups is 2. The zero-order valence-corrected chi connectivity index (χ0v) is 18.9. The van der Waals surface area contributed by atoms with Crippen molar-refractivity contribution in [1.29, 1.82) is 0 Å². The summed E-state index contributed by atoms with van der Waals surface area (Å²) < 4.78 is 16.1. The zero-order chi connectivity index (χ0) is 24.4. The van der Waals surface area contributed by atoms with Gasteiger partial charge in [0, 0.05) is 35.7 Å². The van der Waals surface area contributed by atoms with Gasteiger partial charge in [0.25, 0.3) is 0 Å². The molecule has 0 aliphatic carbocycles. The summed E-state index contributed by atoms with van der Waals surface area (Å²) in [6.45, 7) is 1.69. The summed E-state index contributed by atoms with van der Waals surface area (Å²) in [5, 5.41) is 13.7. The molecule has 4 rings (SSSR count). The standard InChI is InChI=1S/C25H24N2O7/c1-13-17(25(31)34-21-10-15(32-2)9-20(33-3)23(13)21)11-22(28)27-19(24(29)30)8-14-12-26-18-7-5-4-6-16(14)18/h4-7,9-10,12,19,26H,8,11H2,1-3H3,(H,27,28)(H,29,30). The van der Waals surface area contributed by atoms with E-state index >= 15 is 0 Å². The van der Waals surface area contributed by atoms with Gasteiger partial charge in [0.15, 0.2) is 0 Å². The SMILES string of the molecule is COc1cc(OC)c2c(C)c(CC(=O)NC(Cc3c[nH]c4ccccc34)C(=O)O)c(=O)oc2c1. The number of ether oxygens (including phenoxy) is 2. The maximum absolute atomic E-state index is 12.8. The van der Waals surface area contributed by atoms with Crippen molar-refractivity contribution in [2.75, 3.05) is 14.2 Å². The Balaban J connectivity index is 1.60. The smallest absolute Gasteiger partial charge is 0.340 e. The molecule has 3 N–H and O–H groups in total. The number of para-hydroxylation sites is 1. The van der Waals surface area contributed by atoms with E-state index in [0.29, 0.717) is 22.4 Å². The summed E-state index contributed by atoms with van der Waals surface area (Å²) in [4.78, 5) is 40.4. The number of aromatic amines is 1. The van der Waals surface area contributed by atoms with Crippen LogP contribution in [0.1, 0.15) is 16.7 Å². The number of H-pyrrole nitrogens is 1. The molecule has 0 fully saturated rings. The summed E-state index contributed by atoms with van der Waals surface area (Å²) in [6, 6.07) is 9.56. The number of nitrogens with one attached hydrogen (secondary N) is 2. The Hall–Kier alpha value is -4.27. The minimum absolute atomic E-state index is 0.0873. The second-order valence-corrected chi connectivity index (χ2v) is 7.89. The number of methoxy groups -OCH3 is 2. The van der Waals surface area contributed by atoms with Gasteiger partial charge in [-0.3, -0.25) is 4.79 Å². The number of carboxylic acids is 1. The maximum atomic E-state index is 12.8. The summed E-state index contributed by atoms with van der Waals surface area (Å²) in [6.07, 6.45) is 1.48. The Morgan fingerprint density at radius 2 is 1.94 bits per heavy atom. The minimum Gasteiger partial charge on any atom is -0.496 e. The number of aliphatic carboxylic acids is 1. The average Bonchev–Trinajstić information content (AvgIpc) is 3.23. The molecule has 0 saturated carbocycles. The fraction of sp³-hybridized carbons (Fsp3) is 0.240. The molecule has 4 aromatic rings. The van der Waals surface area contributed by atoms with Crippen LogP contribution in [0, 0.1) is 6.92 Å². The van der Waals surface area contributed by atoms with E-state index in [1.165, 1.54) is 14.2 Å². The van der Waals surface area contributed by atoms with Gasteiger partial charge in [-0.15, -0.1) is 0 Å². The number of hydrogen-bond donors (Lipinski definition) is 3. The molecule has 0 spiro atoms. The Labute approximate surface area is 194 Å². The minimum atomic E-state index is -1.17. The van der Waals surface area contributed by atoms with Crippen LogP contribution < -0.4 is 20.4 Å². The lowest BCUT2D eigenvalue weighted by Gasteiger charge is -2.16. The molecule has 9 nitrogen and oxygen atoms in total. The van der Waals surface area contributed by atoms with Gasteiger partial charge >= 0.3 is 11.6 Å². The molecule has 1 amide bonds. The van der Waals surface area contributed by atoms with E-state index in [1.807, 2.05) is 24.3 Å². The van der Waals surface area contributed by atoms with Gasteiger partial charge in [0.05, 0.1) is 31.6 Å². The van der Waals surface area contributed by atoms with Crippen LogP contribution in [-0.4, -0.2) is 42.2 Å². The molecule has 0 saturated heterocycles. The topological polar surface area (TPSA) is 131 Å². The fourth-order valence-corrected chi connectivity index (χ4v) is 4.09. The normalized spacial score (nSPS) is 12.0. The first kappa shape index (κ1) is 22.9. The molecule has 0 aliphatic rings. The van der Waals surface area contributed by atoms with Crippen LogP contribution in [0.15, 0.2) is 51.8 Å². The van der Waals surface area contributed by atoms with Gasteiger partial charge in [-0.2, -0.15) is 0 Å². The van der Waals surface area contributed by atoms with Crippen molar-refractivity contribution in [3.8, 4) is 11.5 Å². The van der Waals surface area contributed by atoms with E-state index in [1.54, 1.807) is 25.3 Å². The highest BCUT2D eigenvalue weighted by atomic mass is 16.5. The van der Waals surface area contributed by atoms with Crippen molar-refractivity contribution in [2.24, 2.45) is 0 Å². The van der Waals surface area contributed by atoms with Crippen molar-refractivity contribution in [3.05, 3.63) is 69.7 Å². The second-order valence-electron chi connectivity index (χ2n) is 7.89. The highest BCUT2D eigenvalue weighted by Gasteiger charge is 2.24. The van der Waals surface area contributed by atoms with E-state index in [0.717, 1.165) is 16.5 Å². The number of fused-ring (bicyclic) bond motifs is 2. The summed E-state index contributed by atoms with van der Waals surface area (Å²) >= 11 is 0. The van der Waals surface area contributed by atoms with Gasteiger partial charge < -0.3 is 29.3 Å². The third-order valence-electron chi connectivity index (χ3n) is 5.84. The van der Waals surface area contributed by atoms with Crippen LogP contribution in [0.3, 0.4) is 0 Å². The molecule has 9 heteroatoms. The van der Waals surface area contributed by atoms with Crippen LogP contribution in [0.2, 0.25) is 0 Å². The van der Waals surface area contributed by atoms with E-state index in [-0.39, 0.29) is 24.0 Å². The number of rotatable bonds is 8. The molecular weight excluding hydrogens is 440 g/mol. The van der Waals surface area contributed by atoms with E-state index in [2.05, 4.69) is 10.3 Å². The highest BCUT2D eigenvalue weighted by molar-refractivity contribution is 5.91. The molecule has 1 atom stereocenters. The molecular formula is C25H24N2O7. The van der Waals surface area contributed by atoms with Gasteiger partial charge in [-0.1, -0.05) is 18.2 Å². The molecule has 0 radical (unpaired) electrons. The van der Waals surface area contributed by atoms with Crippen molar-refractivity contribution in [3.63, 3.8) is 0 Å². The quantitative estimate of drug-likeness (QED) is 0.342. The molecule has 0 aliphatic heterocycles. The maximum Gasteiger partial charge on any atom is 0.340 e. The van der Waals surface area contributed by atoms with Gasteiger partial charge in [-0.25, -0.2) is 9.59 Å². The number of benzene rings is 2. The molecule has 34 heavy (non-hydrogen) atoms. The van der Waals surface area contributed by atoms with Crippen molar-refractivity contribution >= 4 is 33.7 Å². The van der Waals surface area contributed by atoms with E-state index in [4.69, 9.17) is 13.9 Å². The molecule has 1 unspecified atom stereocenters. The Bertz CT molecular complexity index is 1450. The molecule has 176 valence electrons. The molecule has 2 aromatic carbocycles. The Morgan fingerprint density at radius 1 is 1.18 bits per heavy atom. The number of carboxylic acid groups (broad SMARTS) is 1. The third-order valence-corrected chi connectivity index (χ3v) is 5.84. The van der Waals surface area contributed by atoms with Crippen LogP contribution >= 0.6 is 0 Å². The van der Waals surface area contributed by atoms with Crippen LogP contribution in [0.4, 0.5) is 0 Å². The monoisotopic (exact) mass is 464 g/mol. The fourth-order valence-electron chi connectivity index (χ4n) is 4.09. The molecule has 2 aromatic heterocycles. The predicted molar refractivity (Wildman–Crippen MR) is 126 cm³/mol.